The number of nitro groups is 1. The van der Waals surface area contributed by atoms with Crippen molar-refractivity contribution in [2.75, 3.05) is 0 Å². The maximum atomic E-state index is 12.2. The van der Waals surface area contributed by atoms with Crippen molar-refractivity contribution in [3.05, 3.63) is 72.3 Å². The van der Waals surface area contributed by atoms with E-state index in [1.807, 2.05) is 0 Å². The summed E-state index contributed by atoms with van der Waals surface area (Å²) in [6.45, 7) is 1.69. The Labute approximate surface area is 181 Å². The van der Waals surface area contributed by atoms with E-state index in [4.69, 9.17) is 9.47 Å². The molecule has 0 spiro atoms. The summed E-state index contributed by atoms with van der Waals surface area (Å²) >= 11 is 6.69. The number of carbonyl (C=O) groups excluding carboxylic acids is 2. The molecule has 8 nitrogen and oxygen atoms in total. The summed E-state index contributed by atoms with van der Waals surface area (Å²) < 4.78 is 11.5. The molecular weight excluding hydrogens is 512 g/mol. The average Bonchev–Trinajstić information content (AvgIpc) is 3.05. The van der Waals surface area contributed by atoms with Gasteiger partial charge in [-0.1, -0.05) is 6.92 Å². The lowest BCUT2D eigenvalue weighted by molar-refractivity contribution is -0.384. The second-order valence-corrected chi connectivity index (χ2v) is 7.49. The summed E-state index contributed by atoms with van der Waals surface area (Å²) in [4.78, 5) is 38.1. The Balaban J connectivity index is 1.89. The van der Waals surface area contributed by atoms with Crippen LogP contribution in [-0.2, 0) is 14.3 Å². The van der Waals surface area contributed by atoms with E-state index in [1.54, 1.807) is 19.1 Å². The second kappa shape index (κ2) is 8.66. The van der Waals surface area contributed by atoms with Crippen LogP contribution in [-0.4, -0.2) is 22.8 Å². The van der Waals surface area contributed by atoms with Crippen LogP contribution in [0.1, 0.15) is 24.5 Å². The summed E-state index contributed by atoms with van der Waals surface area (Å²) in [6, 6.07) is 8.86. The standard InChI is InChI=1S/C19H12Br2N2O6/c1-2-16(24)28-17-13(20)7-10(8-14(17)21)9-15-19(25)29-18(22-15)11-3-5-12(6-4-11)23(26)27/h3-9H,2H2,1H3/b15-9-. The first kappa shape index (κ1) is 20.9. The van der Waals surface area contributed by atoms with Gasteiger partial charge in [0.15, 0.2) is 11.4 Å². The van der Waals surface area contributed by atoms with E-state index in [0.29, 0.717) is 25.8 Å². The molecule has 2 aromatic carbocycles. The molecule has 1 aliphatic rings. The van der Waals surface area contributed by atoms with Crippen LogP contribution in [0.15, 0.2) is 56.0 Å². The van der Waals surface area contributed by atoms with Gasteiger partial charge in [-0.15, -0.1) is 0 Å². The Morgan fingerprint density at radius 2 is 1.86 bits per heavy atom. The van der Waals surface area contributed by atoms with Crippen molar-refractivity contribution in [2.24, 2.45) is 4.99 Å². The van der Waals surface area contributed by atoms with Gasteiger partial charge in [-0.05, 0) is 67.8 Å². The van der Waals surface area contributed by atoms with Crippen LogP contribution >= 0.6 is 31.9 Å². The first-order valence-electron chi connectivity index (χ1n) is 8.25. The van der Waals surface area contributed by atoms with Crippen molar-refractivity contribution in [3.63, 3.8) is 0 Å². The molecular formula is C19H12Br2N2O6. The SMILES string of the molecule is CCC(=O)Oc1c(Br)cc(/C=C2\N=C(c3ccc([N+](=O)[O-])cc3)OC2=O)cc1Br. The molecule has 0 aliphatic carbocycles. The highest BCUT2D eigenvalue weighted by molar-refractivity contribution is 9.11. The maximum absolute atomic E-state index is 12.2. The van der Waals surface area contributed by atoms with Gasteiger partial charge >= 0.3 is 11.9 Å². The number of aliphatic imine (C=N–C) groups is 1. The average molecular weight is 524 g/mol. The lowest BCUT2D eigenvalue weighted by Crippen LogP contribution is -2.06. The molecule has 0 amide bonds. The quantitative estimate of drug-likeness (QED) is 0.183. The predicted molar refractivity (Wildman–Crippen MR) is 111 cm³/mol. The fourth-order valence-electron chi connectivity index (χ4n) is 2.36. The summed E-state index contributed by atoms with van der Waals surface area (Å²) in [5.41, 5.74) is 1.04. The molecule has 1 heterocycles. The zero-order valence-corrected chi connectivity index (χ0v) is 18.0. The van der Waals surface area contributed by atoms with Crippen LogP contribution in [0.4, 0.5) is 5.69 Å². The van der Waals surface area contributed by atoms with Gasteiger partial charge in [0.25, 0.3) is 5.69 Å². The third-order valence-electron chi connectivity index (χ3n) is 3.77. The van der Waals surface area contributed by atoms with E-state index >= 15 is 0 Å². The van der Waals surface area contributed by atoms with Crippen molar-refractivity contribution in [2.45, 2.75) is 13.3 Å². The van der Waals surface area contributed by atoms with E-state index in [0.717, 1.165) is 0 Å². The molecule has 0 unspecified atom stereocenters. The fraction of sp³-hybridized carbons (Fsp3) is 0.105. The Bertz CT molecular complexity index is 1050. The molecule has 0 radical (unpaired) electrons. The minimum Gasteiger partial charge on any atom is -0.424 e. The third kappa shape index (κ3) is 4.77. The Morgan fingerprint density at radius 1 is 1.24 bits per heavy atom. The Kier molecular flexibility index (Phi) is 6.23. The van der Waals surface area contributed by atoms with Crippen molar-refractivity contribution in [3.8, 4) is 5.75 Å². The third-order valence-corrected chi connectivity index (χ3v) is 4.95. The number of cyclic esters (lactones) is 1. The van der Waals surface area contributed by atoms with Crippen LogP contribution in [0.3, 0.4) is 0 Å². The lowest BCUT2D eigenvalue weighted by atomic mass is 10.2. The summed E-state index contributed by atoms with van der Waals surface area (Å²) in [7, 11) is 0. The zero-order valence-electron chi connectivity index (χ0n) is 14.8. The zero-order chi connectivity index (χ0) is 21.1. The highest BCUT2D eigenvalue weighted by atomic mass is 79.9. The lowest BCUT2D eigenvalue weighted by Gasteiger charge is -2.09. The van der Waals surface area contributed by atoms with Gasteiger partial charge in [-0.25, -0.2) is 9.79 Å². The normalized spacial score (nSPS) is 14.5. The minimum absolute atomic E-state index is 0.0581. The topological polar surface area (TPSA) is 108 Å². The van der Waals surface area contributed by atoms with Gasteiger partial charge in [-0.3, -0.25) is 14.9 Å². The van der Waals surface area contributed by atoms with Gasteiger partial charge in [0.2, 0.25) is 5.90 Å². The number of nitrogens with zero attached hydrogens (tertiary/aromatic N) is 2. The van der Waals surface area contributed by atoms with E-state index in [9.17, 15) is 19.7 Å². The number of halogens is 2. The van der Waals surface area contributed by atoms with Crippen molar-refractivity contribution >= 4 is 61.5 Å². The fourth-order valence-corrected chi connectivity index (χ4v) is 3.75. The minimum atomic E-state index is -0.646. The highest BCUT2D eigenvalue weighted by Crippen LogP contribution is 2.36. The van der Waals surface area contributed by atoms with Gasteiger partial charge in [0.1, 0.15) is 0 Å². The number of esters is 2. The number of non-ortho nitro benzene ring substituents is 1. The highest BCUT2D eigenvalue weighted by Gasteiger charge is 2.25. The summed E-state index contributed by atoms with van der Waals surface area (Å²) in [5.74, 6) is -0.632. The first-order chi connectivity index (χ1) is 13.8. The van der Waals surface area contributed by atoms with E-state index in [1.165, 1.54) is 30.3 Å². The number of nitro benzene ring substituents is 1. The van der Waals surface area contributed by atoms with Gasteiger partial charge < -0.3 is 9.47 Å². The van der Waals surface area contributed by atoms with Crippen LogP contribution in [0.2, 0.25) is 0 Å². The van der Waals surface area contributed by atoms with E-state index < -0.39 is 10.9 Å². The van der Waals surface area contributed by atoms with Crippen LogP contribution in [0.25, 0.3) is 6.08 Å². The smallest absolute Gasteiger partial charge is 0.363 e. The van der Waals surface area contributed by atoms with Gasteiger partial charge in [0, 0.05) is 24.1 Å². The molecule has 0 atom stereocenters. The number of rotatable bonds is 5. The number of benzene rings is 2. The predicted octanol–water partition coefficient (Wildman–Crippen LogP) is 4.78. The molecule has 0 N–H and O–H groups in total. The van der Waals surface area contributed by atoms with Crippen molar-refractivity contribution in [1.82, 2.24) is 0 Å². The molecule has 148 valence electrons. The molecule has 0 bridgehead atoms. The molecule has 10 heteroatoms. The Morgan fingerprint density at radius 3 is 2.41 bits per heavy atom. The van der Waals surface area contributed by atoms with Crippen molar-refractivity contribution in [1.29, 1.82) is 0 Å². The van der Waals surface area contributed by atoms with E-state index in [2.05, 4.69) is 36.9 Å². The monoisotopic (exact) mass is 522 g/mol. The summed E-state index contributed by atoms with van der Waals surface area (Å²) in [6.07, 6.45) is 1.75. The first-order valence-corrected chi connectivity index (χ1v) is 9.84. The largest absolute Gasteiger partial charge is 0.424 e. The number of hydrogen-bond donors (Lipinski definition) is 0. The van der Waals surface area contributed by atoms with Crippen LogP contribution in [0, 0.1) is 10.1 Å². The molecule has 0 fully saturated rings. The van der Waals surface area contributed by atoms with Crippen LogP contribution in [0.5, 0.6) is 5.75 Å². The summed E-state index contributed by atoms with van der Waals surface area (Å²) in [5, 5.41) is 10.7. The molecule has 3 rings (SSSR count). The number of hydrogen-bond acceptors (Lipinski definition) is 7. The second-order valence-electron chi connectivity index (χ2n) is 5.78. The van der Waals surface area contributed by atoms with Crippen LogP contribution < -0.4 is 4.74 Å². The maximum Gasteiger partial charge on any atom is 0.363 e. The van der Waals surface area contributed by atoms with Gasteiger partial charge in [-0.2, -0.15) is 0 Å². The molecule has 1 aliphatic heterocycles. The number of ether oxygens (including phenoxy) is 2. The molecule has 2 aromatic rings. The van der Waals surface area contributed by atoms with E-state index in [-0.39, 0.29) is 29.7 Å². The number of carbonyl (C=O) groups is 2. The van der Waals surface area contributed by atoms with Gasteiger partial charge in [0.05, 0.1) is 13.9 Å². The Hall–Kier alpha value is -2.85. The molecule has 29 heavy (non-hydrogen) atoms. The van der Waals surface area contributed by atoms with Crippen molar-refractivity contribution < 1.29 is 24.0 Å². The molecule has 0 saturated heterocycles. The molecule has 0 saturated carbocycles. The molecule has 0 aromatic heterocycles.